The van der Waals surface area contributed by atoms with Crippen LogP contribution in [0.5, 0.6) is 0 Å². The minimum absolute atomic E-state index is 0.0409. The molecule has 3 aliphatic rings. The van der Waals surface area contributed by atoms with Gasteiger partial charge >= 0.3 is 6.18 Å². The number of alkyl halides is 3. The number of hydrogen-bond acceptors (Lipinski definition) is 5. The van der Waals surface area contributed by atoms with Crippen molar-refractivity contribution in [2.45, 2.75) is 54.9 Å². The molecule has 192 valence electrons. The van der Waals surface area contributed by atoms with E-state index in [1.807, 2.05) is 0 Å². The summed E-state index contributed by atoms with van der Waals surface area (Å²) in [4.78, 5) is 31.8. The highest BCUT2D eigenvalue weighted by Gasteiger charge is 2.56. The van der Waals surface area contributed by atoms with Crippen LogP contribution in [0.3, 0.4) is 0 Å². The number of pyridine rings is 1. The summed E-state index contributed by atoms with van der Waals surface area (Å²) in [5.41, 5.74) is -1.08. The lowest BCUT2D eigenvalue weighted by Crippen LogP contribution is -2.49. The van der Waals surface area contributed by atoms with Crippen molar-refractivity contribution in [3.8, 4) is 0 Å². The van der Waals surface area contributed by atoms with Gasteiger partial charge in [-0.1, -0.05) is 6.07 Å². The quantitative estimate of drug-likeness (QED) is 0.583. The van der Waals surface area contributed by atoms with Crippen molar-refractivity contribution in [1.29, 1.82) is 0 Å². The number of piperidine rings is 1. The summed E-state index contributed by atoms with van der Waals surface area (Å²) in [6.45, 7) is 0. The van der Waals surface area contributed by atoms with Gasteiger partial charge in [0.05, 0.1) is 22.1 Å². The average molecular weight is 526 g/mol. The van der Waals surface area contributed by atoms with Crippen molar-refractivity contribution in [2.24, 2.45) is 11.8 Å². The molecule has 2 saturated carbocycles. The third-order valence-electron chi connectivity index (χ3n) is 7.08. The Balaban J connectivity index is 1.37. The number of halogens is 4. The van der Waals surface area contributed by atoms with Crippen LogP contribution in [-0.4, -0.2) is 48.5 Å². The van der Waals surface area contributed by atoms with Gasteiger partial charge in [0.2, 0.25) is 5.91 Å². The Kier molecular flexibility index (Phi) is 5.85. The Morgan fingerprint density at radius 3 is 2.47 bits per heavy atom. The first-order valence-electron chi connectivity index (χ1n) is 11.5. The summed E-state index contributed by atoms with van der Waals surface area (Å²) < 4.78 is 76.9. The number of benzene rings is 1. The number of nitrogens with one attached hydrogen (secondary N) is 1. The second-order valence-corrected chi connectivity index (χ2v) is 11.8. The molecule has 0 bridgehead atoms. The van der Waals surface area contributed by atoms with Gasteiger partial charge in [0.1, 0.15) is 11.9 Å². The molecule has 1 aliphatic heterocycles. The molecule has 36 heavy (non-hydrogen) atoms. The molecular formula is C24H23F4N3O4S. The van der Waals surface area contributed by atoms with Gasteiger partial charge in [-0.15, -0.1) is 0 Å². The monoisotopic (exact) mass is 525 g/mol. The van der Waals surface area contributed by atoms with Gasteiger partial charge in [0, 0.05) is 24.7 Å². The lowest BCUT2D eigenvalue weighted by Gasteiger charge is -2.29. The summed E-state index contributed by atoms with van der Waals surface area (Å²) in [6, 6.07) is 2.22. The van der Waals surface area contributed by atoms with E-state index >= 15 is 0 Å². The number of rotatable bonds is 6. The molecule has 12 heteroatoms. The van der Waals surface area contributed by atoms with Crippen LogP contribution >= 0.6 is 0 Å². The van der Waals surface area contributed by atoms with Gasteiger partial charge in [-0.25, -0.2) is 12.8 Å². The molecule has 4 atom stereocenters. The Morgan fingerprint density at radius 1 is 1.14 bits per heavy atom. The first-order chi connectivity index (χ1) is 16.8. The maximum Gasteiger partial charge on any atom is 0.419 e. The van der Waals surface area contributed by atoms with Crippen LogP contribution in [-0.2, 0) is 20.8 Å². The van der Waals surface area contributed by atoms with Crippen LogP contribution in [0.2, 0.25) is 0 Å². The summed E-state index contributed by atoms with van der Waals surface area (Å²) in [6.07, 6.45) is 1.18. The van der Waals surface area contributed by atoms with Crippen LogP contribution in [0.1, 0.15) is 53.2 Å². The van der Waals surface area contributed by atoms with Gasteiger partial charge in [-0.05, 0) is 61.3 Å². The molecule has 1 aromatic heterocycles. The van der Waals surface area contributed by atoms with Crippen LogP contribution in [0.4, 0.5) is 17.6 Å². The van der Waals surface area contributed by atoms with Crippen molar-refractivity contribution in [3.63, 3.8) is 0 Å². The van der Waals surface area contributed by atoms with Crippen molar-refractivity contribution in [1.82, 2.24) is 15.2 Å². The van der Waals surface area contributed by atoms with E-state index < -0.39 is 51.3 Å². The largest absolute Gasteiger partial charge is 0.419 e. The van der Waals surface area contributed by atoms with Gasteiger partial charge in [-0.3, -0.25) is 14.6 Å². The number of carbonyl (C=O) groups excluding carboxylic acids is 2. The van der Waals surface area contributed by atoms with Crippen LogP contribution in [0, 0.1) is 17.7 Å². The van der Waals surface area contributed by atoms with E-state index in [0.717, 1.165) is 37.8 Å². The predicted molar refractivity (Wildman–Crippen MR) is 119 cm³/mol. The molecule has 1 aromatic carbocycles. The number of amides is 2. The summed E-state index contributed by atoms with van der Waals surface area (Å²) >= 11 is 0. The molecule has 1 saturated heterocycles. The molecule has 5 rings (SSSR count). The highest BCUT2D eigenvalue weighted by atomic mass is 32.2. The first kappa shape index (κ1) is 24.7. The smallest absolute Gasteiger partial charge is 0.347 e. The number of fused-ring (bicyclic) bond motifs is 1. The van der Waals surface area contributed by atoms with E-state index in [2.05, 4.69) is 10.3 Å². The third kappa shape index (κ3) is 4.70. The lowest BCUT2D eigenvalue weighted by molar-refractivity contribution is -0.140. The van der Waals surface area contributed by atoms with E-state index in [9.17, 15) is 35.6 Å². The predicted octanol–water partition coefficient (Wildman–Crippen LogP) is 3.51. The molecule has 0 radical (unpaired) electrons. The standard InChI is InChI=1S/C24H23F4N3O4S/c1-36(34,35)16-6-15(10-29-11-16)23(33)31-19-8-14(19)9-20(31)22(32)30-21(12-2-3-12)13-4-5-17(18(25)7-13)24(26,27)28/h4-7,10-12,14,19-21H,2-3,8-9H2,1H3,(H,30,32)/t14-,19-,20-,21-/m1/s1. The number of hydrogen-bond donors (Lipinski definition) is 1. The second kappa shape index (κ2) is 8.53. The molecular weight excluding hydrogens is 502 g/mol. The van der Waals surface area contributed by atoms with Crippen LogP contribution < -0.4 is 5.32 Å². The van der Waals surface area contributed by atoms with Crippen LogP contribution in [0.25, 0.3) is 0 Å². The third-order valence-corrected chi connectivity index (χ3v) is 8.16. The lowest BCUT2D eigenvalue weighted by atomic mass is 9.99. The zero-order chi connectivity index (χ0) is 26.0. The van der Waals surface area contributed by atoms with Crippen LogP contribution in [0.15, 0.2) is 41.6 Å². The topological polar surface area (TPSA) is 96.4 Å². The molecule has 2 heterocycles. The van der Waals surface area contributed by atoms with E-state index in [0.29, 0.717) is 12.5 Å². The Hall–Kier alpha value is -3.02. The van der Waals surface area contributed by atoms with Crippen molar-refractivity contribution in [2.75, 3.05) is 6.26 Å². The summed E-state index contributed by atoms with van der Waals surface area (Å²) in [5, 5.41) is 2.84. The van der Waals surface area contributed by atoms with E-state index in [4.69, 9.17) is 0 Å². The fourth-order valence-electron chi connectivity index (χ4n) is 4.98. The highest BCUT2D eigenvalue weighted by Crippen LogP contribution is 2.49. The fraction of sp³-hybridized carbons (Fsp3) is 0.458. The molecule has 2 aromatic rings. The molecule has 7 nitrogen and oxygen atoms in total. The van der Waals surface area contributed by atoms with E-state index in [1.165, 1.54) is 23.2 Å². The highest BCUT2D eigenvalue weighted by molar-refractivity contribution is 7.90. The van der Waals surface area contributed by atoms with Crippen molar-refractivity contribution in [3.05, 3.63) is 59.2 Å². The van der Waals surface area contributed by atoms with Gasteiger partial charge in [-0.2, -0.15) is 13.2 Å². The van der Waals surface area contributed by atoms with E-state index in [1.54, 1.807) is 0 Å². The molecule has 0 spiro atoms. The minimum atomic E-state index is -4.82. The molecule has 3 fully saturated rings. The zero-order valence-electron chi connectivity index (χ0n) is 19.1. The number of aromatic nitrogens is 1. The van der Waals surface area contributed by atoms with Crippen molar-refractivity contribution >= 4 is 21.7 Å². The SMILES string of the molecule is CS(=O)(=O)c1cncc(C(=O)N2[C@@H](C(=O)N[C@@H](c3ccc(C(F)(F)F)c(F)c3)C3CC3)C[C@H]3C[C@H]32)c1. The minimum Gasteiger partial charge on any atom is -0.347 e. The zero-order valence-corrected chi connectivity index (χ0v) is 19.9. The maximum atomic E-state index is 14.2. The Bertz CT molecular complexity index is 1340. The molecule has 0 unspecified atom stereocenters. The Morgan fingerprint density at radius 2 is 1.86 bits per heavy atom. The number of carbonyl (C=O) groups is 2. The fourth-order valence-corrected chi connectivity index (χ4v) is 5.57. The number of sulfone groups is 1. The Labute approximate surface area is 204 Å². The summed E-state index contributed by atoms with van der Waals surface area (Å²) in [5.74, 6) is -2.29. The molecule has 2 amide bonds. The molecule has 1 N–H and O–H groups in total. The van der Waals surface area contributed by atoms with E-state index in [-0.39, 0.29) is 33.9 Å². The first-order valence-corrected chi connectivity index (χ1v) is 13.4. The van der Waals surface area contributed by atoms with Gasteiger partial charge < -0.3 is 10.2 Å². The maximum absolute atomic E-state index is 14.2. The number of nitrogens with zero attached hydrogens (tertiary/aromatic N) is 2. The van der Waals surface area contributed by atoms with Crippen molar-refractivity contribution < 1.29 is 35.6 Å². The normalized spacial score (nSPS) is 24.2. The molecule has 2 aliphatic carbocycles. The summed E-state index contributed by atoms with van der Waals surface area (Å²) in [7, 11) is -3.59. The van der Waals surface area contributed by atoms with Gasteiger partial charge in [0.25, 0.3) is 5.91 Å². The average Bonchev–Trinajstić information content (AvgIpc) is 3.73. The van der Waals surface area contributed by atoms with Gasteiger partial charge in [0.15, 0.2) is 9.84 Å². The second-order valence-electron chi connectivity index (χ2n) is 9.77. The number of likely N-dealkylation sites (tertiary alicyclic amines) is 1.